The first-order valence-electron chi connectivity index (χ1n) is 6.07. The number of benzene rings is 2. The average molecular weight is 412 g/mol. The number of carbonyl (C=O) groups excluding carboxylic acids is 1. The highest BCUT2D eigenvalue weighted by atomic mass is 127. The topological polar surface area (TPSA) is 66.6 Å². The summed E-state index contributed by atoms with van der Waals surface area (Å²) in [6.45, 7) is 0. The number of anilines is 1. The molecular formula is C15H13IN2O2S. The molecule has 3 N–H and O–H groups in total. The zero-order valence-electron chi connectivity index (χ0n) is 11.2. The Labute approximate surface area is 141 Å². The van der Waals surface area contributed by atoms with Gasteiger partial charge in [-0.2, -0.15) is 0 Å². The van der Waals surface area contributed by atoms with Gasteiger partial charge in [0.25, 0.3) is 5.91 Å². The van der Waals surface area contributed by atoms with Crippen molar-refractivity contribution in [3.8, 4) is 5.75 Å². The summed E-state index contributed by atoms with van der Waals surface area (Å²) in [5.41, 5.74) is 7.35. The lowest BCUT2D eigenvalue weighted by Gasteiger charge is -2.20. The number of aromatic hydroxyl groups is 1. The molecule has 0 spiro atoms. The monoisotopic (exact) mass is 412 g/mol. The summed E-state index contributed by atoms with van der Waals surface area (Å²) in [6.07, 6.45) is 0. The quantitative estimate of drug-likeness (QED) is 0.601. The second-order valence-electron chi connectivity index (χ2n) is 4.41. The molecule has 2 rings (SSSR count). The van der Waals surface area contributed by atoms with E-state index in [2.05, 4.69) is 0 Å². The maximum atomic E-state index is 12.5. The summed E-state index contributed by atoms with van der Waals surface area (Å²) < 4.78 is 0.690. The van der Waals surface area contributed by atoms with Crippen LogP contribution in [0.4, 0.5) is 5.69 Å². The number of thiocarbonyl (C=S) groups is 1. The van der Waals surface area contributed by atoms with Gasteiger partial charge in [0.05, 0.1) is 9.26 Å². The van der Waals surface area contributed by atoms with E-state index in [1.165, 1.54) is 11.0 Å². The molecular weight excluding hydrogens is 399 g/mol. The Morgan fingerprint density at radius 1 is 1.29 bits per heavy atom. The number of hydrogen-bond acceptors (Lipinski definition) is 3. The molecule has 0 aromatic heterocycles. The molecule has 0 atom stereocenters. The Morgan fingerprint density at radius 3 is 2.57 bits per heavy atom. The van der Waals surface area contributed by atoms with E-state index in [-0.39, 0.29) is 16.6 Å². The lowest BCUT2D eigenvalue weighted by atomic mass is 10.1. The van der Waals surface area contributed by atoms with E-state index in [0.717, 1.165) is 0 Å². The van der Waals surface area contributed by atoms with Crippen LogP contribution in [0.1, 0.15) is 15.9 Å². The number of nitrogens with two attached hydrogens (primary N) is 1. The van der Waals surface area contributed by atoms with Crippen LogP contribution in [0.2, 0.25) is 0 Å². The molecule has 0 bridgehead atoms. The number of halogens is 1. The lowest BCUT2D eigenvalue weighted by molar-refractivity contribution is 0.0992. The molecule has 6 heteroatoms. The molecule has 0 unspecified atom stereocenters. The lowest BCUT2D eigenvalue weighted by Crippen LogP contribution is -2.28. The highest BCUT2D eigenvalue weighted by Gasteiger charge is 2.18. The van der Waals surface area contributed by atoms with Crippen LogP contribution in [0.15, 0.2) is 42.5 Å². The van der Waals surface area contributed by atoms with Crippen molar-refractivity contribution in [3.63, 3.8) is 0 Å². The highest BCUT2D eigenvalue weighted by Crippen LogP contribution is 2.24. The average Bonchev–Trinajstić information content (AvgIpc) is 2.48. The fourth-order valence-electron chi connectivity index (χ4n) is 1.92. The first-order chi connectivity index (χ1) is 9.91. The summed E-state index contributed by atoms with van der Waals surface area (Å²) in [6, 6.07) is 12.0. The molecule has 2 aromatic rings. The van der Waals surface area contributed by atoms with Gasteiger partial charge in [-0.3, -0.25) is 4.79 Å². The third kappa shape index (κ3) is 3.33. The molecule has 0 aliphatic carbocycles. The number of phenolic OH excluding ortho intramolecular Hbond substituents is 1. The molecule has 0 fully saturated rings. The summed E-state index contributed by atoms with van der Waals surface area (Å²) in [5.74, 6) is -0.164. The van der Waals surface area contributed by atoms with Crippen molar-refractivity contribution in [2.24, 2.45) is 5.73 Å². The van der Waals surface area contributed by atoms with Crippen LogP contribution >= 0.6 is 34.8 Å². The van der Waals surface area contributed by atoms with E-state index < -0.39 is 0 Å². The minimum atomic E-state index is -0.245. The minimum Gasteiger partial charge on any atom is -0.507 e. The zero-order chi connectivity index (χ0) is 15.6. The Hall–Kier alpha value is -1.67. The van der Waals surface area contributed by atoms with Crippen LogP contribution in [-0.2, 0) is 0 Å². The normalized spacial score (nSPS) is 10.2. The van der Waals surface area contributed by atoms with E-state index in [9.17, 15) is 9.90 Å². The van der Waals surface area contributed by atoms with Gasteiger partial charge in [-0.05, 0) is 52.9 Å². The molecule has 0 radical (unpaired) electrons. The van der Waals surface area contributed by atoms with E-state index in [1.54, 1.807) is 31.3 Å². The van der Waals surface area contributed by atoms with Gasteiger partial charge < -0.3 is 15.7 Å². The van der Waals surface area contributed by atoms with Crippen molar-refractivity contribution in [1.82, 2.24) is 0 Å². The summed E-state index contributed by atoms with van der Waals surface area (Å²) in [5, 5.41) is 9.73. The number of rotatable bonds is 3. The van der Waals surface area contributed by atoms with Crippen molar-refractivity contribution < 1.29 is 9.90 Å². The third-order valence-corrected chi connectivity index (χ3v) is 4.16. The van der Waals surface area contributed by atoms with Crippen LogP contribution in [0.5, 0.6) is 5.75 Å². The van der Waals surface area contributed by atoms with Gasteiger partial charge in [-0.25, -0.2) is 0 Å². The summed E-state index contributed by atoms with van der Waals surface area (Å²) in [4.78, 5) is 14.2. The first-order valence-corrected chi connectivity index (χ1v) is 7.56. The molecule has 0 aliphatic heterocycles. The fourth-order valence-corrected chi connectivity index (χ4v) is 2.43. The predicted molar refractivity (Wildman–Crippen MR) is 95.9 cm³/mol. The Bertz CT molecular complexity index is 719. The Balaban J connectivity index is 2.40. The molecule has 4 nitrogen and oxygen atoms in total. The van der Waals surface area contributed by atoms with Gasteiger partial charge >= 0.3 is 0 Å². The number of carbonyl (C=O) groups is 1. The zero-order valence-corrected chi connectivity index (χ0v) is 14.2. The maximum absolute atomic E-state index is 12.5. The molecule has 0 aliphatic rings. The van der Waals surface area contributed by atoms with Gasteiger partial charge in [0, 0.05) is 18.2 Å². The van der Waals surface area contributed by atoms with Gasteiger partial charge in [0.15, 0.2) is 0 Å². The number of amides is 1. The molecule has 0 saturated carbocycles. The molecule has 1 amide bonds. The van der Waals surface area contributed by atoms with E-state index in [1.807, 2.05) is 34.7 Å². The largest absolute Gasteiger partial charge is 0.507 e. The minimum absolute atomic E-state index is 0.0810. The van der Waals surface area contributed by atoms with Crippen molar-refractivity contribution >= 4 is 51.4 Å². The van der Waals surface area contributed by atoms with Crippen LogP contribution in [0.3, 0.4) is 0 Å². The fraction of sp³-hybridized carbons (Fsp3) is 0.0667. The molecule has 2 aromatic carbocycles. The van der Waals surface area contributed by atoms with Crippen molar-refractivity contribution in [2.45, 2.75) is 0 Å². The smallest absolute Gasteiger partial charge is 0.258 e. The summed E-state index contributed by atoms with van der Waals surface area (Å²) >= 11 is 7.01. The molecule has 108 valence electrons. The third-order valence-electron chi connectivity index (χ3n) is 3.03. The maximum Gasteiger partial charge on any atom is 0.258 e. The number of phenols is 1. The number of para-hydroxylation sites is 1. The molecule has 21 heavy (non-hydrogen) atoms. The van der Waals surface area contributed by atoms with E-state index in [0.29, 0.717) is 20.4 Å². The van der Waals surface area contributed by atoms with Gasteiger partial charge in [0.2, 0.25) is 0 Å². The standard InChI is InChI=1S/C15H13IN2O2S/c1-18(12-5-3-2-4-10(12)14(17)21)15(20)9-6-7-11(16)13(19)8-9/h2-8,19H,1H3,(H2,17,21). The van der Waals surface area contributed by atoms with E-state index in [4.69, 9.17) is 18.0 Å². The van der Waals surface area contributed by atoms with Gasteiger partial charge in [-0.1, -0.05) is 24.4 Å². The van der Waals surface area contributed by atoms with Crippen molar-refractivity contribution in [2.75, 3.05) is 11.9 Å². The number of hydrogen-bond donors (Lipinski definition) is 2. The Kier molecular flexibility index (Phi) is 4.79. The second kappa shape index (κ2) is 6.40. The Morgan fingerprint density at radius 2 is 1.95 bits per heavy atom. The summed E-state index contributed by atoms with van der Waals surface area (Å²) in [7, 11) is 1.65. The predicted octanol–water partition coefficient (Wildman–Crippen LogP) is 2.91. The first kappa shape index (κ1) is 15.7. The van der Waals surface area contributed by atoms with Gasteiger partial charge in [0.1, 0.15) is 10.7 Å². The van der Waals surface area contributed by atoms with Crippen LogP contribution in [0.25, 0.3) is 0 Å². The van der Waals surface area contributed by atoms with Crippen LogP contribution in [-0.4, -0.2) is 23.0 Å². The van der Waals surface area contributed by atoms with Crippen LogP contribution < -0.4 is 10.6 Å². The van der Waals surface area contributed by atoms with Crippen molar-refractivity contribution in [3.05, 3.63) is 57.2 Å². The van der Waals surface area contributed by atoms with E-state index >= 15 is 0 Å². The van der Waals surface area contributed by atoms with Gasteiger partial charge in [-0.15, -0.1) is 0 Å². The van der Waals surface area contributed by atoms with Crippen molar-refractivity contribution in [1.29, 1.82) is 0 Å². The molecule has 0 saturated heterocycles. The van der Waals surface area contributed by atoms with Crippen LogP contribution in [0, 0.1) is 3.57 Å². The SMILES string of the molecule is CN(C(=O)c1ccc(I)c(O)c1)c1ccccc1C(N)=S. The second-order valence-corrected chi connectivity index (χ2v) is 6.01. The highest BCUT2D eigenvalue weighted by molar-refractivity contribution is 14.1. The molecule has 0 heterocycles. The number of nitrogens with zero attached hydrogens (tertiary/aromatic N) is 1.